The molecule has 0 bridgehead atoms. The molecule has 166 valence electrons. The maximum absolute atomic E-state index is 13.0. The largest absolute Gasteiger partial charge is 0.493 e. The molecule has 1 aliphatic rings. The van der Waals surface area contributed by atoms with Crippen LogP contribution in [0, 0.1) is 6.92 Å². The number of carbonyl (C=O) groups is 3. The van der Waals surface area contributed by atoms with E-state index in [1.807, 2.05) is 31.2 Å². The van der Waals surface area contributed by atoms with E-state index in [0.29, 0.717) is 29.4 Å². The van der Waals surface area contributed by atoms with Crippen molar-refractivity contribution in [1.82, 2.24) is 5.32 Å². The second-order valence-corrected chi connectivity index (χ2v) is 7.48. The van der Waals surface area contributed by atoms with Crippen LogP contribution in [0.2, 0.25) is 0 Å². The van der Waals surface area contributed by atoms with Gasteiger partial charge < -0.3 is 9.47 Å². The fraction of sp³-hybridized carbons (Fsp3) is 0.115. The van der Waals surface area contributed by atoms with E-state index in [2.05, 4.69) is 5.32 Å². The molecule has 1 fully saturated rings. The summed E-state index contributed by atoms with van der Waals surface area (Å²) in [4.78, 5) is 38.6. The van der Waals surface area contributed by atoms with Crippen LogP contribution in [-0.2, 0) is 16.2 Å². The molecule has 1 N–H and O–H groups in total. The molecule has 3 aromatic carbocycles. The first-order chi connectivity index (χ1) is 16.0. The maximum atomic E-state index is 13.0. The van der Waals surface area contributed by atoms with Gasteiger partial charge in [0.15, 0.2) is 11.5 Å². The number of ether oxygens (including phenoxy) is 2. The first kappa shape index (κ1) is 21.8. The van der Waals surface area contributed by atoms with Crippen molar-refractivity contribution in [1.29, 1.82) is 0 Å². The SMILES string of the molecule is COc1cc(/C=C2\C(=O)NC(=O)N(c3ccccc3)C2=O)ccc1OCc1ccc(C)cc1. The number of hydrogen-bond donors (Lipinski definition) is 1. The molecule has 7 heteroatoms. The van der Waals surface area contributed by atoms with Gasteiger partial charge in [0.05, 0.1) is 12.8 Å². The number of methoxy groups -OCH3 is 1. The second-order valence-electron chi connectivity index (χ2n) is 7.48. The zero-order valence-electron chi connectivity index (χ0n) is 18.2. The zero-order chi connectivity index (χ0) is 23.4. The number of imide groups is 2. The van der Waals surface area contributed by atoms with E-state index in [9.17, 15) is 14.4 Å². The monoisotopic (exact) mass is 442 g/mol. The summed E-state index contributed by atoms with van der Waals surface area (Å²) in [5.74, 6) is -0.471. The van der Waals surface area contributed by atoms with Gasteiger partial charge in [-0.3, -0.25) is 14.9 Å². The summed E-state index contributed by atoms with van der Waals surface area (Å²) >= 11 is 0. The van der Waals surface area contributed by atoms with E-state index >= 15 is 0 Å². The van der Waals surface area contributed by atoms with Crippen molar-refractivity contribution in [3.8, 4) is 11.5 Å². The first-order valence-corrected chi connectivity index (χ1v) is 10.3. The molecule has 0 radical (unpaired) electrons. The fourth-order valence-corrected chi connectivity index (χ4v) is 3.37. The van der Waals surface area contributed by atoms with Crippen LogP contribution < -0.4 is 19.7 Å². The predicted octanol–water partition coefficient (Wildman–Crippen LogP) is 4.25. The Balaban J connectivity index is 1.58. The lowest BCUT2D eigenvalue weighted by atomic mass is 10.1. The van der Waals surface area contributed by atoms with Crippen molar-refractivity contribution >= 4 is 29.6 Å². The van der Waals surface area contributed by atoms with Crippen LogP contribution in [0.1, 0.15) is 16.7 Å². The molecule has 1 heterocycles. The number of rotatable bonds is 6. The third-order valence-corrected chi connectivity index (χ3v) is 5.13. The van der Waals surface area contributed by atoms with E-state index in [-0.39, 0.29) is 5.57 Å². The molecular weight excluding hydrogens is 420 g/mol. The van der Waals surface area contributed by atoms with Gasteiger partial charge in [0.2, 0.25) is 0 Å². The Hall–Kier alpha value is -4.39. The lowest BCUT2D eigenvalue weighted by Crippen LogP contribution is -2.54. The first-order valence-electron chi connectivity index (χ1n) is 10.3. The topological polar surface area (TPSA) is 84.9 Å². The summed E-state index contributed by atoms with van der Waals surface area (Å²) in [6, 6.07) is 20.7. The normalized spacial score (nSPS) is 14.9. The number of anilines is 1. The lowest BCUT2D eigenvalue weighted by molar-refractivity contribution is -0.122. The van der Waals surface area contributed by atoms with Gasteiger partial charge in [0.1, 0.15) is 12.2 Å². The summed E-state index contributed by atoms with van der Waals surface area (Å²) in [7, 11) is 1.51. The molecule has 0 saturated carbocycles. The Kier molecular flexibility index (Phi) is 6.22. The van der Waals surface area contributed by atoms with Gasteiger partial charge in [-0.1, -0.05) is 54.1 Å². The Morgan fingerprint density at radius 3 is 2.33 bits per heavy atom. The molecule has 0 atom stereocenters. The summed E-state index contributed by atoms with van der Waals surface area (Å²) in [5.41, 5.74) is 2.95. The number of hydrogen-bond acceptors (Lipinski definition) is 5. The number of barbiturate groups is 1. The maximum Gasteiger partial charge on any atom is 0.335 e. The Morgan fingerprint density at radius 1 is 0.909 bits per heavy atom. The van der Waals surface area contributed by atoms with Gasteiger partial charge in [-0.15, -0.1) is 0 Å². The number of nitrogens with zero attached hydrogens (tertiary/aromatic N) is 1. The summed E-state index contributed by atoms with van der Waals surface area (Å²) in [6.45, 7) is 2.39. The summed E-state index contributed by atoms with van der Waals surface area (Å²) < 4.78 is 11.3. The van der Waals surface area contributed by atoms with E-state index in [1.54, 1.807) is 48.5 Å². The van der Waals surface area contributed by atoms with Crippen LogP contribution in [0.25, 0.3) is 6.08 Å². The van der Waals surface area contributed by atoms with Crippen LogP contribution in [-0.4, -0.2) is 25.0 Å². The van der Waals surface area contributed by atoms with Crippen LogP contribution in [0.3, 0.4) is 0 Å². The molecule has 7 nitrogen and oxygen atoms in total. The lowest BCUT2D eigenvalue weighted by Gasteiger charge is -2.26. The summed E-state index contributed by atoms with van der Waals surface area (Å²) in [6.07, 6.45) is 1.42. The number of urea groups is 1. The molecule has 3 aromatic rings. The Morgan fingerprint density at radius 2 is 1.64 bits per heavy atom. The van der Waals surface area contributed by atoms with Crippen LogP contribution in [0.15, 0.2) is 78.4 Å². The highest BCUT2D eigenvalue weighted by molar-refractivity contribution is 6.39. The minimum absolute atomic E-state index is 0.158. The van der Waals surface area contributed by atoms with Crippen molar-refractivity contribution in [2.75, 3.05) is 12.0 Å². The van der Waals surface area contributed by atoms with Gasteiger partial charge in [-0.2, -0.15) is 0 Å². The van der Waals surface area contributed by atoms with Gasteiger partial charge >= 0.3 is 6.03 Å². The van der Waals surface area contributed by atoms with Crippen LogP contribution >= 0.6 is 0 Å². The molecule has 33 heavy (non-hydrogen) atoms. The number of aryl methyl sites for hydroxylation is 1. The van der Waals surface area contributed by atoms with Crippen molar-refractivity contribution in [2.24, 2.45) is 0 Å². The van der Waals surface area contributed by atoms with Crippen molar-refractivity contribution < 1.29 is 23.9 Å². The smallest absolute Gasteiger partial charge is 0.335 e. The minimum atomic E-state index is -0.786. The minimum Gasteiger partial charge on any atom is -0.493 e. The standard InChI is InChI=1S/C26H22N2O5/c1-17-8-10-18(11-9-17)16-33-22-13-12-19(15-23(22)32-2)14-21-24(29)27-26(31)28(25(21)30)20-6-4-3-5-7-20/h3-15H,16H2,1-2H3,(H,27,29,31)/b21-14+. The molecular formula is C26H22N2O5. The Labute approximate surface area is 191 Å². The van der Waals surface area contributed by atoms with E-state index < -0.39 is 17.8 Å². The molecule has 4 rings (SSSR count). The number of amides is 4. The van der Waals surface area contributed by atoms with Crippen molar-refractivity contribution in [3.63, 3.8) is 0 Å². The average Bonchev–Trinajstić information content (AvgIpc) is 2.82. The fourth-order valence-electron chi connectivity index (χ4n) is 3.37. The molecule has 1 aliphatic heterocycles. The van der Waals surface area contributed by atoms with E-state index in [4.69, 9.17) is 9.47 Å². The van der Waals surface area contributed by atoms with Crippen molar-refractivity contribution in [3.05, 3.63) is 95.1 Å². The molecule has 0 unspecified atom stereocenters. The highest BCUT2D eigenvalue weighted by Gasteiger charge is 2.36. The van der Waals surface area contributed by atoms with Gasteiger partial charge in [0.25, 0.3) is 11.8 Å². The summed E-state index contributed by atoms with van der Waals surface area (Å²) in [5, 5.41) is 2.21. The number of nitrogens with one attached hydrogen (secondary N) is 1. The van der Waals surface area contributed by atoms with E-state index in [0.717, 1.165) is 10.5 Å². The molecule has 0 aliphatic carbocycles. The van der Waals surface area contributed by atoms with Gasteiger partial charge in [-0.05, 0) is 48.4 Å². The molecule has 0 spiro atoms. The van der Waals surface area contributed by atoms with Crippen LogP contribution in [0.5, 0.6) is 11.5 Å². The van der Waals surface area contributed by atoms with E-state index in [1.165, 1.54) is 18.7 Å². The van der Waals surface area contributed by atoms with Gasteiger partial charge in [-0.25, -0.2) is 9.69 Å². The third-order valence-electron chi connectivity index (χ3n) is 5.13. The Bertz CT molecular complexity index is 1230. The number of benzene rings is 3. The highest BCUT2D eigenvalue weighted by Crippen LogP contribution is 2.30. The second kappa shape index (κ2) is 9.40. The molecule has 4 amide bonds. The highest BCUT2D eigenvalue weighted by atomic mass is 16.5. The zero-order valence-corrected chi connectivity index (χ0v) is 18.2. The third kappa shape index (κ3) is 4.77. The predicted molar refractivity (Wildman–Crippen MR) is 124 cm³/mol. The molecule has 1 saturated heterocycles. The molecule has 0 aromatic heterocycles. The number of carbonyl (C=O) groups excluding carboxylic acids is 3. The quantitative estimate of drug-likeness (QED) is 0.456. The van der Waals surface area contributed by atoms with Gasteiger partial charge in [0, 0.05) is 0 Å². The van der Waals surface area contributed by atoms with Crippen LogP contribution in [0.4, 0.5) is 10.5 Å². The van der Waals surface area contributed by atoms with Crippen molar-refractivity contribution in [2.45, 2.75) is 13.5 Å². The number of para-hydroxylation sites is 1. The average molecular weight is 442 g/mol.